The predicted molar refractivity (Wildman–Crippen MR) is 111 cm³/mol. The van der Waals surface area contributed by atoms with E-state index < -0.39 is 17.4 Å². The molecule has 1 aliphatic carbocycles. The van der Waals surface area contributed by atoms with E-state index in [0.29, 0.717) is 12.8 Å². The van der Waals surface area contributed by atoms with Crippen LogP contribution in [0.2, 0.25) is 0 Å². The normalized spacial score (nSPS) is 14.6. The number of esters is 2. The summed E-state index contributed by atoms with van der Waals surface area (Å²) in [5.41, 5.74) is 0.682. The molecule has 5 nitrogen and oxygen atoms in total. The van der Waals surface area contributed by atoms with Gasteiger partial charge in [0.2, 0.25) is 0 Å². The fourth-order valence-electron chi connectivity index (χ4n) is 4.20. The molecular weight excluding hydrogens is 368 g/mol. The second kappa shape index (κ2) is 7.39. The number of methoxy groups -OCH3 is 1. The van der Waals surface area contributed by atoms with Gasteiger partial charge in [-0.05, 0) is 83.6 Å². The van der Waals surface area contributed by atoms with Gasteiger partial charge in [-0.2, -0.15) is 0 Å². The van der Waals surface area contributed by atoms with Crippen molar-refractivity contribution in [3.05, 3.63) is 53.6 Å². The smallest absolute Gasteiger partial charge is 0.324 e. The minimum atomic E-state index is -1.30. The standard InChI is InChI=1S/C24H24O5/c1-4-28-22(25)24(23(26)29-5-2)13-19-10-16-8-15-6-7-21(27-3)12-18(15)9-17(16)11-20(19)14-24/h6-12H,4-5,13-14H2,1-3H3. The van der Waals surface area contributed by atoms with Gasteiger partial charge in [-0.1, -0.05) is 18.2 Å². The Labute approximate surface area is 169 Å². The van der Waals surface area contributed by atoms with Gasteiger partial charge in [-0.15, -0.1) is 0 Å². The lowest BCUT2D eigenvalue weighted by atomic mass is 9.84. The van der Waals surface area contributed by atoms with Gasteiger partial charge in [0.05, 0.1) is 20.3 Å². The van der Waals surface area contributed by atoms with E-state index in [1.165, 1.54) is 0 Å². The molecule has 0 atom stereocenters. The van der Waals surface area contributed by atoms with Crippen LogP contribution in [0.3, 0.4) is 0 Å². The number of carbonyl (C=O) groups is 2. The van der Waals surface area contributed by atoms with Gasteiger partial charge in [0.1, 0.15) is 5.75 Å². The number of carbonyl (C=O) groups excluding carboxylic acids is 2. The van der Waals surface area contributed by atoms with E-state index in [0.717, 1.165) is 38.4 Å². The molecule has 29 heavy (non-hydrogen) atoms. The lowest BCUT2D eigenvalue weighted by molar-refractivity contribution is -0.171. The van der Waals surface area contributed by atoms with Gasteiger partial charge in [0, 0.05) is 0 Å². The average Bonchev–Trinajstić information content (AvgIpc) is 3.10. The molecule has 0 aromatic heterocycles. The highest BCUT2D eigenvalue weighted by atomic mass is 16.6. The molecule has 5 heteroatoms. The minimum absolute atomic E-state index is 0.228. The van der Waals surface area contributed by atoms with Crippen LogP contribution in [0.1, 0.15) is 25.0 Å². The van der Waals surface area contributed by atoms with Crippen molar-refractivity contribution in [3.8, 4) is 5.75 Å². The first-order valence-electron chi connectivity index (χ1n) is 9.88. The highest BCUT2D eigenvalue weighted by molar-refractivity contribution is 6.03. The molecule has 0 radical (unpaired) electrons. The predicted octanol–water partition coefficient (Wildman–Crippen LogP) is 4.21. The molecule has 3 aromatic rings. The zero-order valence-electron chi connectivity index (χ0n) is 16.9. The Bertz CT molecular complexity index is 1100. The van der Waals surface area contributed by atoms with Crippen LogP contribution < -0.4 is 4.74 Å². The SMILES string of the molecule is CCOC(=O)C1(C(=O)OCC)Cc2cc3cc4ccc(OC)cc4cc3cc2C1. The molecule has 0 N–H and O–H groups in total. The van der Waals surface area contributed by atoms with Crippen molar-refractivity contribution in [2.24, 2.45) is 5.41 Å². The van der Waals surface area contributed by atoms with Crippen LogP contribution in [0.25, 0.3) is 21.5 Å². The fourth-order valence-corrected chi connectivity index (χ4v) is 4.20. The molecule has 0 aliphatic heterocycles. The molecule has 0 heterocycles. The first-order valence-corrected chi connectivity index (χ1v) is 9.88. The first-order chi connectivity index (χ1) is 14.0. The van der Waals surface area contributed by atoms with E-state index in [9.17, 15) is 9.59 Å². The highest BCUT2D eigenvalue weighted by Crippen LogP contribution is 2.41. The Kier molecular flexibility index (Phi) is 4.91. The molecule has 0 saturated carbocycles. The van der Waals surface area contributed by atoms with Gasteiger partial charge in [-0.25, -0.2) is 0 Å². The molecule has 150 valence electrons. The Hall–Kier alpha value is -3.08. The maximum atomic E-state index is 12.8. The summed E-state index contributed by atoms with van der Waals surface area (Å²) in [4.78, 5) is 25.5. The summed E-state index contributed by atoms with van der Waals surface area (Å²) in [5, 5.41) is 4.33. The maximum absolute atomic E-state index is 12.8. The monoisotopic (exact) mass is 392 g/mol. The molecule has 0 amide bonds. The Morgan fingerprint density at radius 1 is 0.793 bits per heavy atom. The number of hydrogen-bond donors (Lipinski definition) is 0. The highest BCUT2D eigenvalue weighted by Gasteiger charge is 2.53. The summed E-state index contributed by atoms with van der Waals surface area (Å²) < 4.78 is 15.9. The van der Waals surface area contributed by atoms with Crippen molar-refractivity contribution in [2.45, 2.75) is 26.7 Å². The largest absolute Gasteiger partial charge is 0.497 e. The summed E-state index contributed by atoms with van der Waals surface area (Å²) in [5.74, 6) is -0.205. The summed E-state index contributed by atoms with van der Waals surface area (Å²) in [6, 6.07) is 14.4. The van der Waals surface area contributed by atoms with Crippen LogP contribution in [0.5, 0.6) is 5.75 Å². The zero-order valence-corrected chi connectivity index (χ0v) is 16.9. The molecule has 0 fully saturated rings. The van der Waals surface area contributed by atoms with Crippen LogP contribution >= 0.6 is 0 Å². The molecule has 0 bridgehead atoms. The summed E-state index contributed by atoms with van der Waals surface area (Å²) in [7, 11) is 1.65. The topological polar surface area (TPSA) is 61.8 Å². The third kappa shape index (κ3) is 3.20. The van der Waals surface area contributed by atoms with Crippen LogP contribution in [0.4, 0.5) is 0 Å². The van der Waals surface area contributed by atoms with Gasteiger partial charge < -0.3 is 14.2 Å². The lowest BCUT2D eigenvalue weighted by Gasteiger charge is -2.23. The molecule has 0 unspecified atom stereocenters. The number of ether oxygens (including phenoxy) is 3. The van der Waals surface area contributed by atoms with Crippen molar-refractivity contribution in [3.63, 3.8) is 0 Å². The van der Waals surface area contributed by atoms with Gasteiger partial charge in [-0.3, -0.25) is 9.59 Å². The Morgan fingerprint density at radius 3 is 1.83 bits per heavy atom. The molecule has 0 saturated heterocycles. The maximum Gasteiger partial charge on any atom is 0.324 e. The van der Waals surface area contributed by atoms with Crippen molar-refractivity contribution < 1.29 is 23.8 Å². The van der Waals surface area contributed by atoms with Crippen LogP contribution in [0, 0.1) is 5.41 Å². The van der Waals surface area contributed by atoms with E-state index in [1.807, 2.05) is 18.2 Å². The van der Waals surface area contributed by atoms with Gasteiger partial charge in [0.15, 0.2) is 5.41 Å². The number of benzene rings is 3. The summed E-state index contributed by atoms with van der Waals surface area (Å²) in [6.45, 7) is 3.94. The van der Waals surface area contributed by atoms with Gasteiger partial charge >= 0.3 is 11.9 Å². The minimum Gasteiger partial charge on any atom is -0.497 e. The number of rotatable bonds is 5. The second-order valence-corrected chi connectivity index (χ2v) is 7.41. The van der Waals surface area contributed by atoms with Crippen LogP contribution in [-0.2, 0) is 31.9 Å². The zero-order chi connectivity index (χ0) is 20.6. The van der Waals surface area contributed by atoms with Crippen molar-refractivity contribution >= 4 is 33.5 Å². The Balaban J connectivity index is 1.81. The molecular formula is C24H24O5. The van der Waals surface area contributed by atoms with Crippen molar-refractivity contribution in [1.82, 2.24) is 0 Å². The van der Waals surface area contributed by atoms with Gasteiger partial charge in [0.25, 0.3) is 0 Å². The van der Waals surface area contributed by atoms with Crippen LogP contribution in [0.15, 0.2) is 42.5 Å². The summed E-state index contributed by atoms with van der Waals surface area (Å²) in [6.07, 6.45) is 0.600. The van der Waals surface area contributed by atoms with E-state index >= 15 is 0 Å². The third-order valence-electron chi connectivity index (χ3n) is 5.64. The molecule has 4 rings (SSSR count). The third-order valence-corrected chi connectivity index (χ3v) is 5.64. The van der Waals surface area contributed by atoms with E-state index in [-0.39, 0.29) is 13.2 Å². The molecule has 3 aromatic carbocycles. The Morgan fingerprint density at radius 2 is 1.31 bits per heavy atom. The average molecular weight is 392 g/mol. The van der Waals surface area contributed by atoms with Crippen LogP contribution in [-0.4, -0.2) is 32.3 Å². The summed E-state index contributed by atoms with van der Waals surface area (Å²) >= 11 is 0. The quantitative estimate of drug-likeness (QED) is 0.370. The van der Waals surface area contributed by atoms with E-state index in [4.69, 9.17) is 14.2 Å². The first kappa shape index (κ1) is 19.2. The number of fused-ring (bicyclic) bond motifs is 3. The van der Waals surface area contributed by atoms with Crippen molar-refractivity contribution in [2.75, 3.05) is 20.3 Å². The molecule has 1 aliphatic rings. The van der Waals surface area contributed by atoms with E-state index in [2.05, 4.69) is 24.3 Å². The number of hydrogen-bond acceptors (Lipinski definition) is 5. The second-order valence-electron chi connectivity index (χ2n) is 7.41. The lowest BCUT2D eigenvalue weighted by Crippen LogP contribution is -2.43. The fraction of sp³-hybridized carbons (Fsp3) is 0.333. The molecule has 0 spiro atoms. The van der Waals surface area contributed by atoms with E-state index in [1.54, 1.807) is 21.0 Å². The van der Waals surface area contributed by atoms with Crippen molar-refractivity contribution in [1.29, 1.82) is 0 Å².